The third kappa shape index (κ3) is 2.93. The Bertz CT molecular complexity index is 412. The molecule has 1 aromatic heterocycles. The van der Waals surface area contributed by atoms with E-state index in [0.717, 1.165) is 13.0 Å². The molecule has 1 rings (SSSR count). The van der Waals surface area contributed by atoms with Gasteiger partial charge in [-0.25, -0.2) is 0 Å². The van der Waals surface area contributed by atoms with E-state index in [9.17, 15) is 9.90 Å². The Morgan fingerprint density at radius 1 is 1.44 bits per heavy atom. The molecule has 0 amide bonds. The summed E-state index contributed by atoms with van der Waals surface area (Å²) in [6.45, 7) is 10.5. The molecule has 1 atom stereocenters. The van der Waals surface area contributed by atoms with Gasteiger partial charge in [0, 0.05) is 15.8 Å². The smallest absolute Gasteiger partial charge is 0.323 e. The minimum atomic E-state index is -0.843. The van der Waals surface area contributed by atoms with Crippen LogP contribution in [0.3, 0.4) is 0 Å². The van der Waals surface area contributed by atoms with Gasteiger partial charge in [-0.1, -0.05) is 13.8 Å². The van der Waals surface area contributed by atoms with Crippen LogP contribution >= 0.6 is 11.3 Å². The van der Waals surface area contributed by atoms with E-state index in [0.29, 0.717) is 0 Å². The number of carboxylic acid groups (broad SMARTS) is 1. The average Bonchev–Trinajstić information content (AvgIpc) is 2.77. The second-order valence-electron chi connectivity index (χ2n) is 4.98. The van der Waals surface area contributed by atoms with Crippen molar-refractivity contribution >= 4 is 17.3 Å². The van der Waals surface area contributed by atoms with E-state index in [2.05, 4.69) is 26.0 Å². The normalized spacial score (nSPS) is 13.9. The van der Waals surface area contributed by atoms with Crippen molar-refractivity contribution in [3.63, 3.8) is 0 Å². The van der Waals surface area contributed by atoms with Gasteiger partial charge >= 0.3 is 5.97 Å². The molecule has 4 heteroatoms. The topological polar surface area (TPSA) is 40.5 Å². The van der Waals surface area contributed by atoms with Gasteiger partial charge in [-0.15, -0.1) is 11.3 Å². The number of rotatable bonds is 6. The summed E-state index contributed by atoms with van der Waals surface area (Å²) in [5.74, 6) is -0.775. The molecule has 102 valence electrons. The molecule has 0 saturated carbocycles. The molecule has 3 nitrogen and oxygen atoms in total. The SMILES string of the molecule is CCc1ccc(C(C)N(CC)C(C)(C)C(=O)O)s1. The van der Waals surface area contributed by atoms with Crippen molar-refractivity contribution < 1.29 is 9.90 Å². The first-order chi connectivity index (χ1) is 8.34. The summed E-state index contributed by atoms with van der Waals surface area (Å²) in [4.78, 5) is 16.0. The van der Waals surface area contributed by atoms with Crippen LogP contribution in [0.1, 0.15) is 50.4 Å². The summed E-state index contributed by atoms with van der Waals surface area (Å²) in [5, 5.41) is 9.35. The monoisotopic (exact) mass is 269 g/mol. The highest BCUT2D eigenvalue weighted by Gasteiger charge is 2.37. The van der Waals surface area contributed by atoms with Crippen LogP contribution < -0.4 is 0 Å². The number of carboxylic acids is 1. The van der Waals surface area contributed by atoms with Crippen LogP contribution in [-0.2, 0) is 11.2 Å². The number of likely N-dealkylation sites (N-methyl/N-ethyl adjacent to an activating group) is 1. The first-order valence-corrected chi connectivity index (χ1v) is 7.24. The second kappa shape index (κ2) is 5.85. The van der Waals surface area contributed by atoms with E-state index in [4.69, 9.17) is 0 Å². The Morgan fingerprint density at radius 2 is 2.06 bits per heavy atom. The molecule has 1 aromatic rings. The molecule has 0 aliphatic heterocycles. The fraction of sp³-hybridized carbons (Fsp3) is 0.643. The Labute approximate surface area is 113 Å². The van der Waals surface area contributed by atoms with Crippen molar-refractivity contribution in [2.24, 2.45) is 0 Å². The van der Waals surface area contributed by atoms with Crippen LogP contribution in [0.25, 0.3) is 0 Å². The quantitative estimate of drug-likeness (QED) is 0.858. The van der Waals surface area contributed by atoms with E-state index in [1.807, 2.05) is 11.8 Å². The molecule has 0 fully saturated rings. The van der Waals surface area contributed by atoms with Crippen LogP contribution in [0.5, 0.6) is 0 Å². The van der Waals surface area contributed by atoms with Crippen molar-refractivity contribution in [2.45, 2.75) is 52.6 Å². The van der Waals surface area contributed by atoms with Crippen LogP contribution in [0, 0.1) is 0 Å². The van der Waals surface area contributed by atoms with Crippen LogP contribution in [0.15, 0.2) is 12.1 Å². The van der Waals surface area contributed by atoms with Gasteiger partial charge in [-0.2, -0.15) is 0 Å². The fourth-order valence-electron chi connectivity index (χ4n) is 2.24. The van der Waals surface area contributed by atoms with E-state index < -0.39 is 11.5 Å². The summed E-state index contributed by atoms with van der Waals surface area (Å²) in [7, 11) is 0. The summed E-state index contributed by atoms with van der Waals surface area (Å²) in [5.41, 5.74) is -0.843. The van der Waals surface area contributed by atoms with Gasteiger partial charge in [0.15, 0.2) is 0 Å². The summed E-state index contributed by atoms with van der Waals surface area (Å²) in [6, 6.07) is 4.39. The molecule has 0 spiro atoms. The molecule has 0 radical (unpaired) electrons. The van der Waals surface area contributed by atoms with Crippen molar-refractivity contribution in [2.75, 3.05) is 6.54 Å². The van der Waals surface area contributed by atoms with Gasteiger partial charge < -0.3 is 5.11 Å². The molecule has 1 heterocycles. The van der Waals surface area contributed by atoms with Crippen molar-refractivity contribution in [3.8, 4) is 0 Å². The van der Waals surface area contributed by atoms with Crippen molar-refractivity contribution in [1.82, 2.24) is 4.90 Å². The van der Waals surface area contributed by atoms with Crippen LogP contribution in [0.2, 0.25) is 0 Å². The largest absolute Gasteiger partial charge is 0.480 e. The summed E-state index contributed by atoms with van der Waals surface area (Å²) in [6.07, 6.45) is 1.03. The number of aryl methyl sites for hydroxylation is 1. The molecule has 0 aliphatic carbocycles. The zero-order chi connectivity index (χ0) is 13.9. The summed E-state index contributed by atoms with van der Waals surface area (Å²) >= 11 is 1.78. The zero-order valence-corrected chi connectivity index (χ0v) is 12.7. The Balaban J connectivity index is 2.98. The zero-order valence-electron chi connectivity index (χ0n) is 11.9. The highest BCUT2D eigenvalue weighted by molar-refractivity contribution is 7.12. The lowest BCUT2D eigenvalue weighted by Crippen LogP contribution is -2.50. The number of nitrogens with zero attached hydrogens (tertiary/aromatic N) is 1. The minimum Gasteiger partial charge on any atom is -0.480 e. The maximum atomic E-state index is 11.4. The first-order valence-electron chi connectivity index (χ1n) is 6.43. The number of carbonyl (C=O) groups is 1. The number of aliphatic carboxylic acids is 1. The van der Waals surface area contributed by atoms with Crippen molar-refractivity contribution in [1.29, 1.82) is 0 Å². The highest BCUT2D eigenvalue weighted by Crippen LogP contribution is 2.32. The molecular weight excluding hydrogens is 246 g/mol. The molecule has 1 N–H and O–H groups in total. The Hall–Kier alpha value is -0.870. The predicted molar refractivity (Wildman–Crippen MR) is 76.2 cm³/mol. The maximum Gasteiger partial charge on any atom is 0.323 e. The Kier molecular flexibility index (Phi) is 4.93. The maximum absolute atomic E-state index is 11.4. The minimum absolute atomic E-state index is 0.131. The van der Waals surface area contributed by atoms with Crippen LogP contribution in [0.4, 0.5) is 0 Å². The fourth-order valence-corrected chi connectivity index (χ4v) is 3.26. The molecule has 1 unspecified atom stereocenters. The third-order valence-electron chi connectivity index (χ3n) is 3.49. The van der Waals surface area contributed by atoms with Gasteiger partial charge in [0.2, 0.25) is 0 Å². The van der Waals surface area contributed by atoms with Gasteiger partial charge in [0.1, 0.15) is 5.54 Å². The van der Waals surface area contributed by atoms with Crippen molar-refractivity contribution in [3.05, 3.63) is 21.9 Å². The van der Waals surface area contributed by atoms with E-state index in [1.165, 1.54) is 9.75 Å². The number of hydrogen-bond acceptors (Lipinski definition) is 3. The second-order valence-corrected chi connectivity index (χ2v) is 6.18. The number of hydrogen-bond donors (Lipinski definition) is 1. The van der Waals surface area contributed by atoms with Crippen LogP contribution in [-0.4, -0.2) is 28.1 Å². The first kappa shape index (κ1) is 15.2. The Morgan fingerprint density at radius 3 is 2.44 bits per heavy atom. The lowest BCUT2D eigenvalue weighted by Gasteiger charge is -2.38. The lowest BCUT2D eigenvalue weighted by atomic mass is 10.00. The van der Waals surface area contributed by atoms with Gasteiger partial charge in [0.25, 0.3) is 0 Å². The molecular formula is C14H23NO2S. The van der Waals surface area contributed by atoms with Gasteiger partial charge in [-0.3, -0.25) is 9.69 Å². The van der Waals surface area contributed by atoms with Gasteiger partial charge in [0.05, 0.1) is 0 Å². The lowest BCUT2D eigenvalue weighted by molar-refractivity contribution is -0.150. The average molecular weight is 269 g/mol. The van der Waals surface area contributed by atoms with E-state index >= 15 is 0 Å². The third-order valence-corrected chi connectivity index (χ3v) is 4.89. The number of thiophene rings is 1. The molecule has 0 bridgehead atoms. The molecule has 0 aliphatic rings. The molecule has 18 heavy (non-hydrogen) atoms. The highest BCUT2D eigenvalue weighted by atomic mass is 32.1. The van der Waals surface area contributed by atoms with E-state index in [-0.39, 0.29) is 6.04 Å². The molecule has 0 saturated heterocycles. The molecule has 0 aromatic carbocycles. The van der Waals surface area contributed by atoms with Gasteiger partial charge in [-0.05, 0) is 45.9 Å². The van der Waals surface area contributed by atoms with E-state index in [1.54, 1.807) is 25.2 Å². The summed E-state index contributed by atoms with van der Waals surface area (Å²) < 4.78 is 0. The predicted octanol–water partition coefficient (Wildman–Crippen LogP) is 3.56. The standard InChI is InChI=1S/C14H23NO2S/c1-6-11-8-9-12(18-11)10(3)15(7-2)14(4,5)13(16)17/h8-10H,6-7H2,1-5H3,(H,16,17).